The summed E-state index contributed by atoms with van der Waals surface area (Å²) >= 11 is 0. The number of ether oxygens (including phenoxy) is 3. The highest BCUT2D eigenvalue weighted by Crippen LogP contribution is 2.11. The van der Waals surface area contributed by atoms with Crippen molar-refractivity contribution in [3.8, 4) is 0 Å². The summed E-state index contributed by atoms with van der Waals surface area (Å²) in [6.45, 7) is 8.35. The Hall–Kier alpha value is -0.690. The number of carboxylic acid groups (broad SMARTS) is 1. The van der Waals surface area contributed by atoms with Gasteiger partial charge in [-0.15, -0.1) is 0 Å². The monoisotopic (exact) mass is 291 g/mol. The Bertz CT molecular complexity index is 260. The summed E-state index contributed by atoms with van der Waals surface area (Å²) in [5, 5.41) is 12.3. The molecule has 0 heterocycles. The summed E-state index contributed by atoms with van der Waals surface area (Å²) in [7, 11) is 1.64. The third-order valence-corrected chi connectivity index (χ3v) is 2.83. The Balaban J connectivity index is 3.67. The van der Waals surface area contributed by atoms with Crippen LogP contribution in [0, 0.1) is 0 Å². The first-order chi connectivity index (χ1) is 9.42. The number of rotatable bonds is 13. The average Bonchev–Trinajstić information content (AvgIpc) is 2.35. The van der Waals surface area contributed by atoms with Crippen LogP contribution in [0.4, 0.5) is 0 Å². The van der Waals surface area contributed by atoms with Crippen molar-refractivity contribution in [2.45, 2.75) is 45.2 Å². The predicted molar refractivity (Wildman–Crippen MR) is 77.1 cm³/mol. The predicted octanol–water partition coefficient (Wildman–Crippen LogP) is 1.29. The van der Waals surface area contributed by atoms with Crippen LogP contribution < -0.4 is 5.32 Å². The van der Waals surface area contributed by atoms with E-state index in [0.29, 0.717) is 39.5 Å². The van der Waals surface area contributed by atoms with Crippen LogP contribution in [0.2, 0.25) is 0 Å². The number of carboxylic acids is 1. The van der Waals surface area contributed by atoms with Crippen LogP contribution in [-0.2, 0) is 19.0 Å². The molecular formula is C14H29NO5. The summed E-state index contributed by atoms with van der Waals surface area (Å²) in [5.74, 6) is -0.849. The molecule has 0 aromatic heterocycles. The topological polar surface area (TPSA) is 77.0 Å². The van der Waals surface area contributed by atoms with Gasteiger partial charge in [-0.2, -0.15) is 0 Å². The number of aliphatic carboxylic acids is 1. The lowest BCUT2D eigenvalue weighted by Gasteiger charge is -2.28. The SMILES string of the molecule is COCCOCCCOCCC(C)(NC(C)C)C(=O)O. The summed E-state index contributed by atoms with van der Waals surface area (Å²) in [6, 6.07) is 0.116. The van der Waals surface area contributed by atoms with Crippen molar-refractivity contribution >= 4 is 5.97 Å². The van der Waals surface area contributed by atoms with Crippen LogP contribution in [0.25, 0.3) is 0 Å². The molecule has 6 heteroatoms. The molecule has 0 aromatic carbocycles. The fourth-order valence-electron chi connectivity index (χ4n) is 1.76. The van der Waals surface area contributed by atoms with Crippen LogP contribution in [0.1, 0.15) is 33.6 Å². The molecule has 0 amide bonds. The normalized spacial score (nSPS) is 14.4. The van der Waals surface area contributed by atoms with Crippen molar-refractivity contribution in [2.24, 2.45) is 0 Å². The fraction of sp³-hybridized carbons (Fsp3) is 0.929. The lowest BCUT2D eigenvalue weighted by Crippen LogP contribution is -2.53. The zero-order valence-electron chi connectivity index (χ0n) is 13.1. The maximum absolute atomic E-state index is 11.3. The van der Waals surface area contributed by atoms with E-state index in [1.54, 1.807) is 14.0 Å². The second-order valence-electron chi connectivity index (χ2n) is 5.26. The van der Waals surface area contributed by atoms with Crippen molar-refractivity contribution in [1.29, 1.82) is 0 Å². The number of nitrogens with one attached hydrogen (secondary N) is 1. The molecule has 6 nitrogen and oxygen atoms in total. The minimum atomic E-state index is -0.941. The molecule has 0 saturated carbocycles. The van der Waals surface area contributed by atoms with E-state index in [1.807, 2.05) is 13.8 Å². The molecule has 0 fully saturated rings. The van der Waals surface area contributed by atoms with Crippen molar-refractivity contribution in [3.63, 3.8) is 0 Å². The highest BCUT2D eigenvalue weighted by Gasteiger charge is 2.32. The molecule has 1 atom stereocenters. The molecule has 0 aliphatic carbocycles. The van der Waals surface area contributed by atoms with Crippen LogP contribution >= 0.6 is 0 Å². The second-order valence-corrected chi connectivity index (χ2v) is 5.26. The number of carbonyl (C=O) groups is 1. The molecule has 2 N–H and O–H groups in total. The van der Waals surface area contributed by atoms with Gasteiger partial charge < -0.3 is 19.3 Å². The van der Waals surface area contributed by atoms with Gasteiger partial charge in [0.05, 0.1) is 13.2 Å². The number of hydrogen-bond donors (Lipinski definition) is 2. The Morgan fingerprint density at radius 3 is 2.25 bits per heavy atom. The molecule has 1 unspecified atom stereocenters. The molecule has 20 heavy (non-hydrogen) atoms. The molecule has 0 spiro atoms. The molecule has 0 bridgehead atoms. The van der Waals surface area contributed by atoms with Gasteiger partial charge in [0.25, 0.3) is 0 Å². The summed E-state index contributed by atoms with van der Waals surface area (Å²) < 4.78 is 15.6. The summed E-state index contributed by atoms with van der Waals surface area (Å²) in [5.41, 5.74) is -0.941. The van der Waals surface area contributed by atoms with E-state index in [1.165, 1.54) is 0 Å². The van der Waals surface area contributed by atoms with Gasteiger partial charge in [-0.05, 0) is 33.6 Å². The third kappa shape index (κ3) is 9.25. The summed E-state index contributed by atoms with van der Waals surface area (Å²) in [4.78, 5) is 11.3. The van der Waals surface area contributed by atoms with Crippen LogP contribution in [0.5, 0.6) is 0 Å². The largest absolute Gasteiger partial charge is 0.480 e. The molecule has 0 aliphatic rings. The Morgan fingerprint density at radius 2 is 1.75 bits per heavy atom. The quantitative estimate of drug-likeness (QED) is 0.498. The van der Waals surface area contributed by atoms with E-state index < -0.39 is 11.5 Å². The first kappa shape index (κ1) is 19.3. The molecule has 120 valence electrons. The maximum atomic E-state index is 11.3. The average molecular weight is 291 g/mol. The van der Waals surface area contributed by atoms with Gasteiger partial charge >= 0.3 is 5.97 Å². The zero-order valence-corrected chi connectivity index (χ0v) is 13.1. The van der Waals surface area contributed by atoms with Crippen molar-refractivity contribution in [2.75, 3.05) is 40.1 Å². The van der Waals surface area contributed by atoms with Gasteiger partial charge in [0, 0.05) is 33.0 Å². The minimum absolute atomic E-state index is 0.116. The van der Waals surface area contributed by atoms with E-state index >= 15 is 0 Å². The fourth-order valence-corrected chi connectivity index (χ4v) is 1.76. The second kappa shape index (κ2) is 11.0. The maximum Gasteiger partial charge on any atom is 0.323 e. The zero-order chi connectivity index (χ0) is 15.4. The van der Waals surface area contributed by atoms with Gasteiger partial charge in [0.2, 0.25) is 0 Å². The molecule has 0 aliphatic heterocycles. The Labute approximate surface area is 121 Å². The first-order valence-electron chi connectivity index (χ1n) is 7.08. The van der Waals surface area contributed by atoms with Gasteiger partial charge in [-0.25, -0.2) is 0 Å². The standard InChI is InChI=1S/C14H29NO5/c1-12(2)15-14(3,13(16)17)6-9-19-7-5-8-20-11-10-18-4/h12,15H,5-11H2,1-4H3,(H,16,17). The molecule has 0 rings (SSSR count). The Morgan fingerprint density at radius 1 is 1.15 bits per heavy atom. The lowest BCUT2D eigenvalue weighted by molar-refractivity contribution is -0.145. The number of hydrogen-bond acceptors (Lipinski definition) is 5. The molecular weight excluding hydrogens is 262 g/mol. The first-order valence-corrected chi connectivity index (χ1v) is 7.08. The van der Waals surface area contributed by atoms with Crippen LogP contribution in [-0.4, -0.2) is 62.8 Å². The van der Waals surface area contributed by atoms with E-state index in [-0.39, 0.29) is 6.04 Å². The smallest absolute Gasteiger partial charge is 0.323 e. The highest BCUT2D eigenvalue weighted by atomic mass is 16.5. The lowest BCUT2D eigenvalue weighted by atomic mass is 9.97. The van der Waals surface area contributed by atoms with Crippen LogP contribution in [0.3, 0.4) is 0 Å². The summed E-state index contributed by atoms with van der Waals surface area (Å²) in [6.07, 6.45) is 1.23. The van der Waals surface area contributed by atoms with E-state index in [4.69, 9.17) is 14.2 Å². The molecule has 0 aromatic rings. The van der Waals surface area contributed by atoms with Gasteiger partial charge in [0.15, 0.2) is 0 Å². The minimum Gasteiger partial charge on any atom is -0.480 e. The van der Waals surface area contributed by atoms with Gasteiger partial charge in [-0.1, -0.05) is 0 Å². The van der Waals surface area contributed by atoms with Crippen molar-refractivity contribution in [3.05, 3.63) is 0 Å². The van der Waals surface area contributed by atoms with Crippen molar-refractivity contribution in [1.82, 2.24) is 5.32 Å². The molecule has 0 radical (unpaired) electrons. The number of methoxy groups -OCH3 is 1. The Kier molecular flexibility index (Phi) is 10.6. The van der Waals surface area contributed by atoms with Crippen molar-refractivity contribution < 1.29 is 24.1 Å². The molecule has 0 saturated heterocycles. The van der Waals surface area contributed by atoms with Gasteiger partial charge in [0.1, 0.15) is 5.54 Å². The third-order valence-electron chi connectivity index (χ3n) is 2.83. The van der Waals surface area contributed by atoms with E-state index in [2.05, 4.69) is 5.32 Å². The highest BCUT2D eigenvalue weighted by molar-refractivity contribution is 5.78. The van der Waals surface area contributed by atoms with E-state index in [0.717, 1.165) is 6.42 Å². The van der Waals surface area contributed by atoms with E-state index in [9.17, 15) is 9.90 Å². The van der Waals surface area contributed by atoms with Gasteiger partial charge in [-0.3, -0.25) is 10.1 Å². The van der Waals surface area contributed by atoms with Crippen LogP contribution in [0.15, 0.2) is 0 Å².